The van der Waals surface area contributed by atoms with E-state index in [1.165, 1.54) is 6.92 Å². The topological polar surface area (TPSA) is 34.1 Å². The van der Waals surface area contributed by atoms with E-state index in [0.717, 1.165) is 17.5 Å². The van der Waals surface area contributed by atoms with Crippen LogP contribution in [-0.2, 0) is 6.42 Å². The Labute approximate surface area is 83.9 Å². The molecule has 1 aromatic carbocycles. The molecule has 0 aromatic heterocycles. The van der Waals surface area contributed by atoms with Crippen LogP contribution in [0, 0.1) is 0 Å². The van der Waals surface area contributed by atoms with E-state index in [0.29, 0.717) is 5.56 Å². The van der Waals surface area contributed by atoms with Gasteiger partial charge in [-0.1, -0.05) is 19.1 Å². The number of aryl methyl sites for hydroxylation is 1. The van der Waals surface area contributed by atoms with Gasteiger partial charge in [-0.15, -0.1) is 0 Å². The van der Waals surface area contributed by atoms with Gasteiger partial charge in [0.1, 0.15) is 0 Å². The molecule has 0 atom stereocenters. The van der Waals surface area contributed by atoms with E-state index in [1.54, 1.807) is 25.1 Å². The molecule has 2 heteroatoms. The van der Waals surface area contributed by atoms with E-state index in [9.17, 15) is 9.59 Å². The van der Waals surface area contributed by atoms with Crippen LogP contribution >= 0.6 is 0 Å². The molecule has 0 radical (unpaired) electrons. The van der Waals surface area contributed by atoms with Gasteiger partial charge in [0.25, 0.3) is 0 Å². The molecular formula is C12H14O2. The van der Waals surface area contributed by atoms with E-state index in [2.05, 4.69) is 0 Å². The standard InChI is InChI=1S/C12H14O2/c1-4-10-7-11(8(2)13)5-6-12(10)9(3)14/h5-7H,4H2,1-3H3. The van der Waals surface area contributed by atoms with Crippen LogP contribution in [0.3, 0.4) is 0 Å². The summed E-state index contributed by atoms with van der Waals surface area (Å²) in [4.78, 5) is 22.3. The summed E-state index contributed by atoms with van der Waals surface area (Å²) in [6, 6.07) is 5.25. The Kier molecular flexibility index (Phi) is 3.18. The molecule has 2 nitrogen and oxygen atoms in total. The van der Waals surface area contributed by atoms with Gasteiger partial charge in [0.15, 0.2) is 11.6 Å². The number of benzene rings is 1. The molecule has 0 aliphatic rings. The predicted octanol–water partition coefficient (Wildman–Crippen LogP) is 2.65. The summed E-state index contributed by atoms with van der Waals surface area (Å²) in [5, 5.41) is 0. The third-order valence-electron chi connectivity index (χ3n) is 2.27. The average Bonchev–Trinajstić information content (AvgIpc) is 2.16. The van der Waals surface area contributed by atoms with Gasteiger partial charge >= 0.3 is 0 Å². The van der Waals surface area contributed by atoms with Gasteiger partial charge in [0, 0.05) is 11.1 Å². The van der Waals surface area contributed by atoms with E-state index in [1.807, 2.05) is 6.92 Å². The Bertz CT molecular complexity index is 378. The predicted molar refractivity (Wildman–Crippen MR) is 55.8 cm³/mol. The van der Waals surface area contributed by atoms with Gasteiger partial charge in [0.05, 0.1) is 0 Å². The summed E-state index contributed by atoms with van der Waals surface area (Å²) in [6.45, 7) is 5.05. The van der Waals surface area contributed by atoms with Crippen molar-refractivity contribution in [3.8, 4) is 0 Å². The zero-order chi connectivity index (χ0) is 10.7. The minimum absolute atomic E-state index is 0.0369. The van der Waals surface area contributed by atoms with Crippen molar-refractivity contribution in [1.82, 2.24) is 0 Å². The van der Waals surface area contributed by atoms with E-state index in [-0.39, 0.29) is 11.6 Å². The number of hydrogen-bond acceptors (Lipinski definition) is 2. The monoisotopic (exact) mass is 190 g/mol. The Hall–Kier alpha value is -1.44. The molecule has 1 rings (SSSR count). The van der Waals surface area contributed by atoms with Crippen molar-refractivity contribution < 1.29 is 9.59 Å². The lowest BCUT2D eigenvalue weighted by Crippen LogP contribution is -2.01. The molecule has 0 aliphatic heterocycles. The van der Waals surface area contributed by atoms with Gasteiger partial charge in [0.2, 0.25) is 0 Å². The second-order valence-electron chi connectivity index (χ2n) is 3.34. The highest BCUT2D eigenvalue weighted by Gasteiger charge is 2.08. The second-order valence-corrected chi connectivity index (χ2v) is 3.34. The van der Waals surface area contributed by atoms with Gasteiger partial charge in [-0.05, 0) is 31.9 Å². The molecule has 0 saturated carbocycles. The zero-order valence-corrected chi connectivity index (χ0v) is 8.76. The lowest BCUT2D eigenvalue weighted by atomic mass is 9.98. The lowest BCUT2D eigenvalue weighted by molar-refractivity contribution is 0.100. The third-order valence-corrected chi connectivity index (χ3v) is 2.27. The van der Waals surface area contributed by atoms with Crippen molar-refractivity contribution in [1.29, 1.82) is 0 Å². The highest BCUT2D eigenvalue weighted by atomic mass is 16.1. The summed E-state index contributed by atoms with van der Waals surface area (Å²) in [5.41, 5.74) is 2.34. The smallest absolute Gasteiger partial charge is 0.160 e. The zero-order valence-electron chi connectivity index (χ0n) is 8.76. The maximum atomic E-state index is 11.2. The number of hydrogen-bond donors (Lipinski definition) is 0. The van der Waals surface area contributed by atoms with Crippen LogP contribution in [0.25, 0.3) is 0 Å². The molecule has 0 aliphatic carbocycles. The summed E-state index contributed by atoms with van der Waals surface area (Å²) in [5.74, 6) is 0.0896. The van der Waals surface area contributed by atoms with Gasteiger partial charge < -0.3 is 0 Å². The molecule has 14 heavy (non-hydrogen) atoms. The number of Topliss-reactive ketones (excluding diaryl/α,β-unsaturated/α-hetero) is 2. The molecule has 0 N–H and O–H groups in total. The van der Waals surface area contributed by atoms with Gasteiger partial charge in [-0.3, -0.25) is 9.59 Å². The summed E-state index contributed by atoms with van der Waals surface area (Å²) >= 11 is 0. The van der Waals surface area contributed by atoms with Crippen LogP contribution in [0.1, 0.15) is 47.1 Å². The third kappa shape index (κ3) is 2.08. The molecule has 0 unspecified atom stereocenters. The van der Waals surface area contributed by atoms with Crippen LogP contribution in [-0.4, -0.2) is 11.6 Å². The maximum absolute atomic E-state index is 11.2. The number of rotatable bonds is 3. The van der Waals surface area contributed by atoms with E-state index >= 15 is 0 Å². The molecule has 0 heterocycles. The van der Waals surface area contributed by atoms with Crippen molar-refractivity contribution in [3.05, 3.63) is 34.9 Å². The molecule has 0 bridgehead atoms. The fourth-order valence-electron chi connectivity index (χ4n) is 1.45. The SMILES string of the molecule is CCc1cc(C(C)=O)ccc1C(C)=O. The van der Waals surface area contributed by atoms with Crippen LogP contribution in [0.2, 0.25) is 0 Å². The minimum atomic E-state index is 0.0369. The largest absolute Gasteiger partial charge is 0.295 e. The molecule has 0 amide bonds. The molecule has 0 saturated heterocycles. The quantitative estimate of drug-likeness (QED) is 0.686. The molecule has 0 fully saturated rings. The summed E-state index contributed by atoms with van der Waals surface area (Å²) < 4.78 is 0. The Morgan fingerprint density at radius 3 is 2.21 bits per heavy atom. The lowest BCUT2D eigenvalue weighted by Gasteiger charge is -2.05. The Morgan fingerprint density at radius 2 is 1.79 bits per heavy atom. The average molecular weight is 190 g/mol. The fourth-order valence-corrected chi connectivity index (χ4v) is 1.45. The summed E-state index contributed by atoms with van der Waals surface area (Å²) in [7, 11) is 0. The van der Waals surface area contributed by atoms with Gasteiger partial charge in [-0.25, -0.2) is 0 Å². The Morgan fingerprint density at radius 1 is 1.14 bits per heavy atom. The normalized spacial score (nSPS) is 9.93. The van der Waals surface area contributed by atoms with Crippen LogP contribution in [0.15, 0.2) is 18.2 Å². The number of carbonyl (C=O) groups is 2. The van der Waals surface area contributed by atoms with Crippen molar-refractivity contribution >= 4 is 11.6 Å². The first kappa shape index (κ1) is 10.6. The molecule has 74 valence electrons. The van der Waals surface area contributed by atoms with E-state index in [4.69, 9.17) is 0 Å². The highest BCUT2D eigenvalue weighted by molar-refractivity contribution is 5.99. The second kappa shape index (κ2) is 4.18. The van der Waals surface area contributed by atoms with Gasteiger partial charge in [-0.2, -0.15) is 0 Å². The van der Waals surface area contributed by atoms with Crippen LogP contribution in [0.5, 0.6) is 0 Å². The molecule has 1 aromatic rings. The first-order valence-corrected chi connectivity index (χ1v) is 4.71. The van der Waals surface area contributed by atoms with Crippen molar-refractivity contribution in [2.24, 2.45) is 0 Å². The van der Waals surface area contributed by atoms with Crippen molar-refractivity contribution in [3.63, 3.8) is 0 Å². The van der Waals surface area contributed by atoms with Crippen LogP contribution < -0.4 is 0 Å². The minimum Gasteiger partial charge on any atom is -0.295 e. The van der Waals surface area contributed by atoms with Crippen LogP contribution in [0.4, 0.5) is 0 Å². The van der Waals surface area contributed by atoms with E-state index < -0.39 is 0 Å². The molecule has 0 spiro atoms. The maximum Gasteiger partial charge on any atom is 0.160 e. The summed E-state index contributed by atoms with van der Waals surface area (Å²) in [6.07, 6.45) is 0.774. The molecular weight excluding hydrogens is 176 g/mol. The number of ketones is 2. The Balaban J connectivity index is 3.25. The van der Waals surface area contributed by atoms with Crippen molar-refractivity contribution in [2.75, 3.05) is 0 Å². The number of carbonyl (C=O) groups excluding carboxylic acids is 2. The fraction of sp³-hybridized carbons (Fsp3) is 0.333. The van der Waals surface area contributed by atoms with Crippen molar-refractivity contribution in [2.45, 2.75) is 27.2 Å². The first-order chi connectivity index (χ1) is 6.56. The first-order valence-electron chi connectivity index (χ1n) is 4.71. The highest BCUT2D eigenvalue weighted by Crippen LogP contribution is 2.14.